The highest BCUT2D eigenvalue weighted by atomic mass is 16.3. The molecule has 2 heterocycles. The van der Waals surface area contributed by atoms with E-state index in [9.17, 15) is 0 Å². The Labute approximate surface area is 295 Å². The number of furan rings is 1. The van der Waals surface area contributed by atoms with E-state index in [1.54, 1.807) is 0 Å². The molecule has 1 aliphatic carbocycles. The second kappa shape index (κ2) is 12.0. The molecule has 2 aromatic heterocycles. The van der Waals surface area contributed by atoms with Gasteiger partial charge in [-0.15, -0.1) is 0 Å². The molecule has 4 nitrogen and oxygen atoms in total. The predicted octanol–water partition coefficient (Wildman–Crippen LogP) is 12.5. The van der Waals surface area contributed by atoms with Crippen molar-refractivity contribution in [2.45, 2.75) is 12.8 Å². The molecule has 0 radical (unpaired) electrons. The van der Waals surface area contributed by atoms with E-state index in [2.05, 4.69) is 146 Å². The third kappa shape index (κ3) is 5.29. The summed E-state index contributed by atoms with van der Waals surface area (Å²) in [6.07, 6.45) is 8.25. The van der Waals surface area contributed by atoms with Crippen LogP contribution in [0.3, 0.4) is 0 Å². The lowest BCUT2D eigenvalue weighted by molar-refractivity contribution is 0.669. The van der Waals surface area contributed by atoms with Gasteiger partial charge in [0.2, 0.25) is 0 Å². The molecule has 0 amide bonds. The Kier molecular flexibility index (Phi) is 6.91. The van der Waals surface area contributed by atoms with Gasteiger partial charge in [-0.1, -0.05) is 127 Å². The lowest BCUT2D eigenvalue weighted by Gasteiger charge is -2.12. The molecule has 0 saturated heterocycles. The van der Waals surface area contributed by atoms with Crippen molar-refractivity contribution in [3.05, 3.63) is 170 Å². The topological polar surface area (TPSA) is 51.8 Å². The van der Waals surface area contributed by atoms with Crippen LogP contribution in [0, 0.1) is 0 Å². The average Bonchev–Trinajstić information content (AvgIpc) is 3.59. The van der Waals surface area contributed by atoms with Gasteiger partial charge in [0.1, 0.15) is 11.2 Å². The molecule has 0 N–H and O–H groups in total. The fraction of sp³-hybridized carbons (Fsp3) is 0.0426. The van der Waals surface area contributed by atoms with Gasteiger partial charge in [0, 0.05) is 21.9 Å². The van der Waals surface area contributed by atoms with Gasteiger partial charge in [-0.05, 0) is 98.6 Å². The van der Waals surface area contributed by atoms with E-state index < -0.39 is 0 Å². The number of benzene rings is 7. The molecule has 0 atom stereocenters. The average molecular weight is 654 g/mol. The summed E-state index contributed by atoms with van der Waals surface area (Å²) in [4.78, 5) is 15.4. The minimum Gasteiger partial charge on any atom is -0.456 e. The van der Waals surface area contributed by atoms with Gasteiger partial charge in [-0.3, -0.25) is 0 Å². The van der Waals surface area contributed by atoms with Crippen LogP contribution in [0.25, 0.3) is 94.1 Å². The fourth-order valence-corrected chi connectivity index (χ4v) is 7.31. The van der Waals surface area contributed by atoms with E-state index >= 15 is 0 Å². The van der Waals surface area contributed by atoms with Gasteiger partial charge in [0.25, 0.3) is 0 Å². The maximum absolute atomic E-state index is 6.53. The second-order valence-electron chi connectivity index (χ2n) is 13.2. The number of rotatable bonds is 5. The van der Waals surface area contributed by atoms with Gasteiger partial charge in [-0.2, -0.15) is 0 Å². The maximum atomic E-state index is 6.53. The molecule has 10 rings (SSSR count). The van der Waals surface area contributed by atoms with Crippen LogP contribution in [0.1, 0.15) is 18.7 Å². The molecular formula is C47H31N3O. The molecule has 240 valence electrons. The smallest absolute Gasteiger partial charge is 0.164 e. The number of hydrogen-bond acceptors (Lipinski definition) is 4. The molecule has 1 aliphatic rings. The lowest BCUT2D eigenvalue weighted by Crippen LogP contribution is -2.04. The van der Waals surface area contributed by atoms with E-state index in [-0.39, 0.29) is 0 Å². The van der Waals surface area contributed by atoms with Crippen LogP contribution in [-0.2, 0) is 0 Å². The largest absolute Gasteiger partial charge is 0.456 e. The Balaban J connectivity index is 1.12. The SMILES string of the molecule is C1=CCCC(c2nc(-c3ccc4ccc(-c5ccccc5)cc4c3)nc(-c3cccc4oc5cc(-c6ccc7ccccc7c6)ccc5c34)n2)=C1. The summed E-state index contributed by atoms with van der Waals surface area (Å²) in [5.74, 6) is 2.00. The van der Waals surface area contributed by atoms with Crippen molar-refractivity contribution in [1.82, 2.24) is 15.0 Å². The molecule has 0 bridgehead atoms. The van der Waals surface area contributed by atoms with Crippen LogP contribution in [-0.4, -0.2) is 15.0 Å². The summed E-state index contributed by atoms with van der Waals surface area (Å²) < 4.78 is 6.53. The molecule has 0 spiro atoms. The van der Waals surface area contributed by atoms with E-state index in [1.165, 1.54) is 27.3 Å². The number of nitrogens with zero attached hydrogens (tertiary/aromatic N) is 3. The van der Waals surface area contributed by atoms with E-state index in [1.807, 2.05) is 18.2 Å². The highest BCUT2D eigenvalue weighted by molar-refractivity contribution is 6.12. The molecule has 0 saturated carbocycles. The summed E-state index contributed by atoms with van der Waals surface area (Å²) in [5, 5.41) is 6.80. The van der Waals surface area contributed by atoms with Crippen molar-refractivity contribution in [2.75, 3.05) is 0 Å². The molecule has 9 aromatic rings. The van der Waals surface area contributed by atoms with Crippen molar-refractivity contribution < 1.29 is 4.42 Å². The zero-order valence-corrected chi connectivity index (χ0v) is 27.8. The third-order valence-electron chi connectivity index (χ3n) is 9.96. The van der Waals surface area contributed by atoms with Crippen LogP contribution in [0.5, 0.6) is 0 Å². The molecular weight excluding hydrogens is 623 g/mol. The highest BCUT2D eigenvalue weighted by Gasteiger charge is 2.19. The molecule has 0 unspecified atom stereocenters. The minimum atomic E-state index is 0.635. The summed E-state index contributed by atoms with van der Waals surface area (Å²) >= 11 is 0. The Hall–Kier alpha value is -6.65. The van der Waals surface area contributed by atoms with Crippen molar-refractivity contribution in [2.24, 2.45) is 0 Å². The first kappa shape index (κ1) is 29.3. The maximum Gasteiger partial charge on any atom is 0.164 e. The molecule has 0 aliphatic heterocycles. The number of fused-ring (bicyclic) bond motifs is 5. The minimum absolute atomic E-state index is 0.635. The van der Waals surface area contributed by atoms with Crippen LogP contribution >= 0.6 is 0 Å². The summed E-state index contributed by atoms with van der Waals surface area (Å²) in [5.41, 5.74) is 9.27. The Morgan fingerprint density at radius 3 is 1.96 bits per heavy atom. The van der Waals surface area contributed by atoms with Gasteiger partial charge in [-0.25, -0.2) is 15.0 Å². The molecule has 7 aromatic carbocycles. The Morgan fingerprint density at radius 1 is 0.451 bits per heavy atom. The first-order valence-corrected chi connectivity index (χ1v) is 17.4. The van der Waals surface area contributed by atoms with Crippen molar-refractivity contribution in [3.63, 3.8) is 0 Å². The normalized spacial score (nSPS) is 13.0. The highest BCUT2D eigenvalue weighted by Crippen LogP contribution is 2.39. The quantitative estimate of drug-likeness (QED) is 0.185. The van der Waals surface area contributed by atoms with E-state index in [0.717, 1.165) is 68.0 Å². The standard InChI is InChI=1S/C47H31N3O/c1-3-10-30(11-4-1)35-21-19-32-20-23-38(28-39(32)27-35)46-48-45(33-13-5-2-6-14-33)49-47(50-46)41-16-9-17-42-44(41)40-25-24-37(29-43(40)51-42)36-22-18-31-12-7-8-15-34(31)26-36/h1-5,7-13,15-29H,6,14H2. The first-order chi connectivity index (χ1) is 25.2. The number of hydrogen-bond donors (Lipinski definition) is 0. The molecule has 51 heavy (non-hydrogen) atoms. The molecule has 4 heteroatoms. The van der Waals surface area contributed by atoms with Crippen LogP contribution < -0.4 is 0 Å². The van der Waals surface area contributed by atoms with Crippen molar-refractivity contribution in [3.8, 4) is 45.0 Å². The van der Waals surface area contributed by atoms with Crippen LogP contribution in [0.15, 0.2) is 168 Å². The van der Waals surface area contributed by atoms with E-state index in [4.69, 9.17) is 19.4 Å². The summed E-state index contributed by atoms with van der Waals surface area (Å²) in [6.45, 7) is 0. The Morgan fingerprint density at radius 2 is 1.12 bits per heavy atom. The van der Waals surface area contributed by atoms with E-state index in [0.29, 0.717) is 17.5 Å². The van der Waals surface area contributed by atoms with Gasteiger partial charge in [0.15, 0.2) is 17.5 Å². The third-order valence-corrected chi connectivity index (χ3v) is 9.96. The predicted molar refractivity (Wildman–Crippen MR) is 210 cm³/mol. The van der Waals surface area contributed by atoms with Crippen LogP contribution in [0.2, 0.25) is 0 Å². The fourth-order valence-electron chi connectivity index (χ4n) is 7.31. The van der Waals surface area contributed by atoms with Gasteiger partial charge < -0.3 is 4.42 Å². The number of allylic oxidation sites excluding steroid dienone is 4. The van der Waals surface area contributed by atoms with Crippen LogP contribution in [0.4, 0.5) is 0 Å². The number of aromatic nitrogens is 3. The van der Waals surface area contributed by atoms with Crippen molar-refractivity contribution >= 4 is 49.1 Å². The van der Waals surface area contributed by atoms with Crippen molar-refractivity contribution in [1.29, 1.82) is 0 Å². The monoisotopic (exact) mass is 653 g/mol. The zero-order valence-electron chi connectivity index (χ0n) is 27.8. The van der Waals surface area contributed by atoms with Gasteiger partial charge >= 0.3 is 0 Å². The summed E-state index contributed by atoms with van der Waals surface area (Å²) in [7, 11) is 0. The second-order valence-corrected chi connectivity index (χ2v) is 13.2. The Bertz CT molecular complexity index is 2860. The zero-order chi connectivity index (χ0) is 33.7. The lowest BCUT2D eigenvalue weighted by atomic mass is 9.99. The van der Waals surface area contributed by atoms with Gasteiger partial charge in [0.05, 0.1) is 0 Å². The summed E-state index contributed by atoms with van der Waals surface area (Å²) in [6, 6.07) is 51.3. The first-order valence-electron chi connectivity index (χ1n) is 17.4. The molecule has 0 fully saturated rings.